The van der Waals surface area contributed by atoms with Gasteiger partial charge in [0.2, 0.25) is 0 Å². The molecule has 1 aliphatic rings. The van der Waals surface area contributed by atoms with E-state index in [9.17, 15) is 18.4 Å². The van der Waals surface area contributed by atoms with Gasteiger partial charge in [0, 0.05) is 5.56 Å². The number of halogens is 3. The molecule has 21 heavy (non-hydrogen) atoms. The van der Waals surface area contributed by atoms with Crippen LogP contribution in [0, 0.1) is 11.6 Å². The molecule has 2 aromatic carbocycles. The number of Topliss-reactive ketones (excluding diaryl/α,β-unsaturated/α-hetero) is 1. The van der Waals surface area contributed by atoms with E-state index in [1.54, 1.807) is 12.1 Å². The molecule has 3 nitrogen and oxygen atoms in total. The van der Waals surface area contributed by atoms with Gasteiger partial charge in [-0.3, -0.25) is 9.59 Å². The largest absolute Gasteiger partial charge is 0.300 e. The van der Waals surface area contributed by atoms with E-state index in [0.29, 0.717) is 5.69 Å². The van der Waals surface area contributed by atoms with Crippen molar-refractivity contribution in [3.05, 3.63) is 64.2 Å². The molecule has 0 fully saturated rings. The van der Waals surface area contributed by atoms with Crippen molar-refractivity contribution in [2.24, 2.45) is 0 Å². The number of fused-ring (bicyclic) bond motifs is 1. The molecular weight excluding hydrogens is 300 g/mol. The monoisotopic (exact) mass is 307 g/mol. The highest BCUT2D eigenvalue weighted by molar-refractivity contribution is 6.55. The predicted octanol–water partition coefficient (Wildman–Crippen LogP) is 3.35. The molecule has 2 aromatic rings. The van der Waals surface area contributed by atoms with E-state index in [-0.39, 0.29) is 22.7 Å². The molecule has 0 unspecified atom stereocenters. The lowest BCUT2D eigenvalue weighted by atomic mass is 10.1. The second-order valence-corrected chi connectivity index (χ2v) is 4.97. The van der Waals surface area contributed by atoms with Crippen LogP contribution >= 0.6 is 11.6 Å². The van der Waals surface area contributed by atoms with Gasteiger partial charge in [-0.15, -0.1) is 0 Å². The zero-order valence-electron chi connectivity index (χ0n) is 10.6. The average molecular weight is 308 g/mol. The summed E-state index contributed by atoms with van der Waals surface area (Å²) in [6.07, 6.45) is 0. The summed E-state index contributed by atoms with van der Waals surface area (Å²) in [5, 5.41) is 0.160. The quantitative estimate of drug-likeness (QED) is 0.798. The van der Waals surface area contributed by atoms with Gasteiger partial charge in [-0.1, -0.05) is 29.8 Å². The lowest BCUT2D eigenvalue weighted by Gasteiger charge is -2.17. The number of rotatable bonds is 2. The smallest absolute Gasteiger partial charge is 0.299 e. The van der Waals surface area contributed by atoms with E-state index in [0.717, 1.165) is 11.0 Å². The van der Waals surface area contributed by atoms with E-state index in [1.807, 2.05) is 0 Å². The number of hydrogen-bond acceptors (Lipinski definition) is 2. The van der Waals surface area contributed by atoms with Crippen molar-refractivity contribution in [1.29, 1.82) is 0 Å². The minimum Gasteiger partial charge on any atom is -0.300 e. The molecule has 6 heteroatoms. The van der Waals surface area contributed by atoms with Crippen LogP contribution in [0.5, 0.6) is 0 Å². The maximum absolute atomic E-state index is 13.7. The number of ketones is 1. The van der Waals surface area contributed by atoms with Gasteiger partial charge in [0.1, 0.15) is 0 Å². The van der Waals surface area contributed by atoms with Crippen molar-refractivity contribution < 1.29 is 18.4 Å². The Morgan fingerprint density at radius 2 is 1.76 bits per heavy atom. The van der Waals surface area contributed by atoms with E-state index in [1.165, 1.54) is 18.2 Å². The Labute approximate surface area is 123 Å². The third kappa shape index (κ3) is 2.10. The number of amides is 1. The maximum Gasteiger partial charge on any atom is 0.299 e. The Morgan fingerprint density at radius 1 is 1.05 bits per heavy atom. The first kappa shape index (κ1) is 13.7. The summed E-state index contributed by atoms with van der Waals surface area (Å²) in [4.78, 5) is 25.0. The molecule has 1 aliphatic heterocycles. The average Bonchev–Trinajstić information content (AvgIpc) is 2.70. The molecule has 1 amide bonds. The number of benzene rings is 2. The fourth-order valence-corrected chi connectivity index (χ4v) is 2.55. The zero-order chi connectivity index (χ0) is 15.1. The summed E-state index contributed by atoms with van der Waals surface area (Å²) in [6, 6.07) is 8.31. The van der Waals surface area contributed by atoms with Gasteiger partial charge >= 0.3 is 0 Å². The number of hydrogen-bond donors (Lipinski definition) is 0. The minimum atomic E-state index is -1.03. The standard InChI is InChI=1S/C15H8ClF2NO2/c16-9-4-2-6-11-12(9)14(20)15(21)19(11)7-8-3-1-5-10(17)13(8)18/h1-6H,7H2. The van der Waals surface area contributed by atoms with E-state index in [2.05, 4.69) is 0 Å². The normalized spacial score (nSPS) is 13.8. The van der Waals surface area contributed by atoms with Crippen LogP contribution in [0.1, 0.15) is 15.9 Å². The number of anilines is 1. The molecule has 0 bridgehead atoms. The van der Waals surface area contributed by atoms with Crippen molar-refractivity contribution in [3.63, 3.8) is 0 Å². The van der Waals surface area contributed by atoms with Crippen LogP contribution in [-0.4, -0.2) is 11.7 Å². The summed E-state index contributed by atoms with van der Waals surface area (Å²) >= 11 is 5.92. The Kier molecular flexibility index (Phi) is 3.22. The van der Waals surface area contributed by atoms with E-state index >= 15 is 0 Å². The fourth-order valence-electron chi connectivity index (χ4n) is 2.30. The van der Waals surface area contributed by atoms with Gasteiger partial charge in [0.25, 0.3) is 11.7 Å². The van der Waals surface area contributed by atoms with Crippen LogP contribution in [0.15, 0.2) is 36.4 Å². The molecule has 0 atom stereocenters. The summed E-state index contributed by atoms with van der Waals surface area (Å²) in [7, 11) is 0. The Hall–Kier alpha value is -2.27. The molecule has 106 valence electrons. The van der Waals surface area contributed by atoms with Gasteiger partial charge in [-0.05, 0) is 18.2 Å². The van der Waals surface area contributed by atoms with Crippen molar-refractivity contribution in [2.45, 2.75) is 6.54 Å². The lowest BCUT2D eigenvalue weighted by Crippen LogP contribution is -2.29. The minimum absolute atomic E-state index is 0.0102. The van der Waals surface area contributed by atoms with Gasteiger partial charge in [0.15, 0.2) is 11.6 Å². The van der Waals surface area contributed by atoms with Crippen LogP contribution in [0.2, 0.25) is 5.02 Å². The first-order chi connectivity index (χ1) is 10.0. The molecule has 0 aromatic heterocycles. The highest BCUT2D eigenvalue weighted by Crippen LogP contribution is 2.35. The Morgan fingerprint density at radius 3 is 2.52 bits per heavy atom. The highest BCUT2D eigenvalue weighted by Gasteiger charge is 2.37. The molecule has 0 radical (unpaired) electrons. The molecule has 0 aliphatic carbocycles. The van der Waals surface area contributed by atoms with E-state index in [4.69, 9.17) is 11.6 Å². The van der Waals surface area contributed by atoms with Gasteiger partial charge in [0.05, 0.1) is 22.8 Å². The second-order valence-electron chi connectivity index (χ2n) is 4.57. The third-order valence-electron chi connectivity index (χ3n) is 3.31. The van der Waals surface area contributed by atoms with Crippen molar-refractivity contribution in [3.8, 4) is 0 Å². The third-order valence-corrected chi connectivity index (χ3v) is 3.62. The fraction of sp³-hybridized carbons (Fsp3) is 0.0667. The molecule has 0 N–H and O–H groups in total. The molecule has 0 saturated carbocycles. The molecular formula is C15H8ClF2NO2. The Bertz CT molecular complexity index is 776. The summed E-state index contributed by atoms with van der Waals surface area (Å²) in [5.41, 5.74) is 0.395. The van der Waals surface area contributed by atoms with Crippen molar-refractivity contribution >= 4 is 29.0 Å². The van der Waals surface area contributed by atoms with Gasteiger partial charge in [-0.25, -0.2) is 8.78 Å². The van der Waals surface area contributed by atoms with Gasteiger partial charge in [-0.2, -0.15) is 0 Å². The highest BCUT2D eigenvalue weighted by atomic mass is 35.5. The van der Waals surface area contributed by atoms with Crippen LogP contribution in [0.3, 0.4) is 0 Å². The van der Waals surface area contributed by atoms with Crippen LogP contribution in [0.25, 0.3) is 0 Å². The SMILES string of the molecule is O=C1C(=O)N(Cc2cccc(F)c2F)c2cccc(Cl)c21. The summed E-state index contributed by atoms with van der Waals surface area (Å²) < 4.78 is 26.9. The molecule has 1 heterocycles. The number of nitrogens with zero attached hydrogens (tertiary/aromatic N) is 1. The number of carbonyl (C=O) groups is 2. The lowest BCUT2D eigenvalue weighted by molar-refractivity contribution is -0.114. The Balaban J connectivity index is 2.05. The number of carbonyl (C=O) groups excluding carboxylic acids is 2. The first-order valence-electron chi connectivity index (χ1n) is 6.08. The van der Waals surface area contributed by atoms with Crippen LogP contribution in [-0.2, 0) is 11.3 Å². The predicted molar refractivity (Wildman–Crippen MR) is 73.3 cm³/mol. The van der Waals surface area contributed by atoms with Crippen LogP contribution < -0.4 is 4.90 Å². The molecule has 0 spiro atoms. The summed E-state index contributed by atoms with van der Waals surface area (Å²) in [5.74, 6) is -3.58. The van der Waals surface area contributed by atoms with E-state index < -0.39 is 23.3 Å². The first-order valence-corrected chi connectivity index (χ1v) is 6.46. The summed E-state index contributed by atoms with van der Waals surface area (Å²) in [6.45, 7) is -0.235. The van der Waals surface area contributed by atoms with Crippen molar-refractivity contribution in [2.75, 3.05) is 4.90 Å². The maximum atomic E-state index is 13.7. The van der Waals surface area contributed by atoms with Crippen LogP contribution in [0.4, 0.5) is 14.5 Å². The molecule has 3 rings (SSSR count). The topological polar surface area (TPSA) is 37.4 Å². The molecule has 0 saturated heterocycles. The van der Waals surface area contributed by atoms with Crippen molar-refractivity contribution in [1.82, 2.24) is 0 Å². The van der Waals surface area contributed by atoms with Gasteiger partial charge < -0.3 is 4.90 Å². The second kappa shape index (κ2) is 4.93. The zero-order valence-corrected chi connectivity index (χ0v) is 11.3.